The lowest BCUT2D eigenvalue weighted by molar-refractivity contribution is -0.883. The van der Waals surface area contributed by atoms with E-state index < -0.39 is 0 Å². The average molecular weight is 188 g/mol. The zero-order valence-corrected chi connectivity index (χ0v) is 7.50. The minimum atomic E-state index is 0.317. The Bertz CT molecular complexity index is 315. The number of hydrogen-bond donors (Lipinski definition) is 0. The Balaban J connectivity index is 3.25. The summed E-state index contributed by atoms with van der Waals surface area (Å²) in [4.78, 5) is 15.1. The summed E-state index contributed by atoms with van der Waals surface area (Å²) in [6.07, 6.45) is 1.60. The molecule has 1 rings (SSSR count). The molecule has 0 aromatic carbocycles. The van der Waals surface area contributed by atoms with E-state index in [9.17, 15) is 4.91 Å². The van der Waals surface area contributed by atoms with Crippen LogP contribution in [0.15, 0.2) is 17.4 Å². The minimum Gasteiger partial charge on any atom is -0.273 e. The topological polar surface area (TPSA) is 42.5 Å². The number of nitrogens with zero attached hydrogens (tertiary/aromatic N) is 2. The minimum absolute atomic E-state index is 0.317. The maximum absolute atomic E-state index is 10.2. The Morgan fingerprint density at radius 1 is 1.67 bits per heavy atom. The van der Waals surface area contributed by atoms with E-state index in [2.05, 4.69) is 5.18 Å². The van der Waals surface area contributed by atoms with Crippen LogP contribution in [0, 0.1) is 11.8 Å². The van der Waals surface area contributed by atoms with E-state index in [0.29, 0.717) is 10.8 Å². The monoisotopic (exact) mass is 187 g/mol. The summed E-state index contributed by atoms with van der Waals surface area (Å²) in [6.45, 7) is 1.75. The van der Waals surface area contributed by atoms with Gasteiger partial charge in [-0.05, 0) is 23.7 Å². The third kappa shape index (κ3) is 1.53. The van der Waals surface area contributed by atoms with Gasteiger partial charge in [0, 0.05) is 10.3 Å². The van der Waals surface area contributed by atoms with Crippen molar-refractivity contribution in [1.29, 1.82) is 0 Å². The fourth-order valence-electron chi connectivity index (χ4n) is 0.832. The van der Waals surface area contributed by atoms with Gasteiger partial charge in [-0.3, -0.25) is 4.84 Å². The van der Waals surface area contributed by atoms with Crippen molar-refractivity contribution in [2.24, 2.45) is 5.18 Å². The first-order valence-corrected chi connectivity index (χ1v) is 3.66. The van der Waals surface area contributed by atoms with Gasteiger partial charge in [0.2, 0.25) is 6.20 Å². The summed E-state index contributed by atoms with van der Waals surface area (Å²) in [5, 5.41) is 3.12. The van der Waals surface area contributed by atoms with Crippen molar-refractivity contribution >= 4 is 17.3 Å². The molecule has 0 saturated heterocycles. The number of aryl methyl sites for hydroxylation is 1. The Morgan fingerprint density at radius 3 is 2.83 bits per heavy atom. The normalized spacial score (nSPS) is 9.58. The number of pyridine rings is 1. The van der Waals surface area contributed by atoms with Crippen LogP contribution in [-0.2, 0) is 0 Å². The quantitative estimate of drug-likeness (QED) is 0.399. The molecule has 0 saturated carbocycles. The first-order chi connectivity index (χ1) is 5.69. The van der Waals surface area contributed by atoms with E-state index in [1.807, 2.05) is 0 Å². The van der Waals surface area contributed by atoms with Crippen LogP contribution < -0.4 is 9.57 Å². The highest BCUT2D eigenvalue weighted by Crippen LogP contribution is 2.18. The molecule has 1 aromatic rings. The fraction of sp³-hybridized carbons (Fsp3) is 0.286. The predicted molar refractivity (Wildman–Crippen MR) is 44.3 cm³/mol. The zero-order valence-electron chi connectivity index (χ0n) is 6.74. The lowest BCUT2D eigenvalue weighted by Crippen LogP contribution is -2.41. The van der Waals surface area contributed by atoms with Crippen LogP contribution in [0.4, 0.5) is 5.69 Å². The van der Waals surface area contributed by atoms with Gasteiger partial charge in [0.15, 0.2) is 0 Å². The van der Waals surface area contributed by atoms with Crippen LogP contribution in [0.25, 0.3) is 0 Å². The van der Waals surface area contributed by atoms with Gasteiger partial charge in [0.05, 0.1) is 6.07 Å². The molecule has 0 aliphatic heterocycles. The van der Waals surface area contributed by atoms with Gasteiger partial charge < -0.3 is 0 Å². The highest BCUT2D eigenvalue weighted by atomic mass is 35.5. The summed E-state index contributed by atoms with van der Waals surface area (Å²) in [6, 6.07) is 1.45. The molecule has 0 N–H and O–H groups in total. The summed E-state index contributed by atoms with van der Waals surface area (Å²) >= 11 is 5.72. The van der Waals surface area contributed by atoms with Gasteiger partial charge in [-0.2, -0.15) is 0 Å². The van der Waals surface area contributed by atoms with Crippen LogP contribution in [-0.4, -0.2) is 7.11 Å². The van der Waals surface area contributed by atoms with Gasteiger partial charge >= 0.3 is 5.15 Å². The van der Waals surface area contributed by atoms with Crippen molar-refractivity contribution in [3.05, 3.63) is 27.9 Å². The number of halogens is 1. The van der Waals surface area contributed by atoms with Crippen LogP contribution in [0.1, 0.15) is 5.56 Å². The van der Waals surface area contributed by atoms with E-state index in [4.69, 9.17) is 16.4 Å². The SMILES string of the molecule is CO[n+]1cc(C)c(N=O)cc1Cl. The third-order valence-corrected chi connectivity index (χ3v) is 1.75. The molecule has 4 nitrogen and oxygen atoms in total. The molecule has 0 bridgehead atoms. The van der Waals surface area contributed by atoms with Crippen LogP contribution >= 0.6 is 11.6 Å². The molecule has 0 fully saturated rings. The molecule has 0 aliphatic carbocycles. The fourth-order valence-corrected chi connectivity index (χ4v) is 1.05. The molecule has 12 heavy (non-hydrogen) atoms. The maximum Gasteiger partial charge on any atom is 0.327 e. The van der Waals surface area contributed by atoms with Gasteiger partial charge in [-0.1, -0.05) is 0 Å². The van der Waals surface area contributed by atoms with E-state index in [0.717, 1.165) is 5.56 Å². The zero-order chi connectivity index (χ0) is 9.14. The first kappa shape index (κ1) is 8.93. The number of nitroso groups, excluding NO2 is 1. The van der Waals surface area contributed by atoms with Gasteiger partial charge in [-0.25, -0.2) is 0 Å². The molecule has 0 atom stereocenters. The Hall–Kier alpha value is -1.16. The average Bonchev–Trinajstić information content (AvgIpc) is 2.08. The number of hydrogen-bond acceptors (Lipinski definition) is 3. The predicted octanol–water partition coefficient (Wildman–Crippen LogP) is 1.39. The van der Waals surface area contributed by atoms with Crippen LogP contribution in [0.3, 0.4) is 0 Å². The Morgan fingerprint density at radius 2 is 2.33 bits per heavy atom. The van der Waals surface area contributed by atoms with Crippen molar-refractivity contribution in [3.63, 3.8) is 0 Å². The second kappa shape index (κ2) is 3.49. The van der Waals surface area contributed by atoms with Crippen molar-refractivity contribution in [3.8, 4) is 0 Å². The standard InChI is InChI=1S/C7H8ClN2O2/c1-5-4-10(12-2)7(8)3-6(5)9-11/h3-4H,1-2H3/q+1. The van der Waals surface area contributed by atoms with Crippen molar-refractivity contribution in [1.82, 2.24) is 0 Å². The van der Waals surface area contributed by atoms with E-state index in [1.54, 1.807) is 13.1 Å². The maximum atomic E-state index is 10.2. The largest absolute Gasteiger partial charge is 0.327 e. The first-order valence-electron chi connectivity index (χ1n) is 3.28. The van der Waals surface area contributed by atoms with E-state index in [1.165, 1.54) is 17.9 Å². The molecule has 0 unspecified atom stereocenters. The van der Waals surface area contributed by atoms with Gasteiger partial charge in [0.25, 0.3) is 0 Å². The Labute approximate surface area is 74.7 Å². The van der Waals surface area contributed by atoms with Crippen molar-refractivity contribution in [2.75, 3.05) is 7.11 Å². The third-order valence-electron chi connectivity index (χ3n) is 1.48. The number of rotatable bonds is 2. The second-order valence-corrected chi connectivity index (χ2v) is 2.65. The van der Waals surface area contributed by atoms with Crippen molar-refractivity contribution in [2.45, 2.75) is 6.92 Å². The molecular formula is C7H8ClN2O2+. The summed E-state index contributed by atoms with van der Waals surface area (Å²) in [7, 11) is 1.49. The van der Waals surface area contributed by atoms with Crippen molar-refractivity contribution < 1.29 is 9.57 Å². The molecule has 5 heteroatoms. The molecule has 1 heterocycles. The highest BCUT2D eigenvalue weighted by molar-refractivity contribution is 6.28. The smallest absolute Gasteiger partial charge is 0.273 e. The molecule has 0 aliphatic rings. The molecule has 1 aromatic heterocycles. The van der Waals surface area contributed by atoms with E-state index in [-0.39, 0.29) is 0 Å². The van der Waals surface area contributed by atoms with E-state index >= 15 is 0 Å². The lowest BCUT2D eigenvalue weighted by Gasteiger charge is -1.96. The lowest BCUT2D eigenvalue weighted by atomic mass is 10.3. The summed E-state index contributed by atoms with van der Waals surface area (Å²) < 4.78 is 1.35. The van der Waals surface area contributed by atoms with Gasteiger partial charge in [-0.15, -0.1) is 4.91 Å². The molecule has 0 spiro atoms. The molecule has 64 valence electrons. The van der Waals surface area contributed by atoms with Crippen LogP contribution in [0.2, 0.25) is 5.15 Å². The number of aromatic nitrogens is 1. The van der Waals surface area contributed by atoms with Gasteiger partial charge in [0.1, 0.15) is 12.8 Å². The Kier molecular flexibility index (Phi) is 2.60. The van der Waals surface area contributed by atoms with Crippen LogP contribution in [0.5, 0.6) is 0 Å². The molecule has 0 amide bonds. The highest BCUT2D eigenvalue weighted by Gasteiger charge is 2.13. The molecule has 0 radical (unpaired) electrons. The summed E-state index contributed by atoms with van der Waals surface area (Å²) in [5.41, 5.74) is 1.05. The second-order valence-electron chi connectivity index (χ2n) is 2.26. The summed E-state index contributed by atoms with van der Waals surface area (Å²) in [5.74, 6) is 0. The molecular weight excluding hydrogens is 180 g/mol.